The van der Waals surface area contributed by atoms with Crippen molar-refractivity contribution < 1.29 is 14.2 Å². The molecule has 2 fully saturated rings. The molecule has 0 saturated carbocycles. The summed E-state index contributed by atoms with van der Waals surface area (Å²) < 4.78 is 25.7. The maximum Gasteiger partial charge on any atom is 0.124 e. The fourth-order valence-corrected chi connectivity index (χ4v) is 19.5. The van der Waals surface area contributed by atoms with E-state index >= 15 is 0 Å². The summed E-state index contributed by atoms with van der Waals surface area (Å²) in [6.45, 7) is 19.0. The van der Waals surface area contributed by atoms with Crippen LogP contribution in [0.2, 0.25) is 0 Å². The van der Waals surface area contributed by atoms with Gasteiger partial charge in [-0.25, -0.2) is 0 Å². The summed E-state index contributed by atoms with van der Waals surface area (Å²) in [5, 5.41) is 0. The van der Waals surface area contributed by atoms with Crippen LogP contribution in [0.1, 0.15) is 620 Å². The number of hydrogen-bond acceptors (Lipinski definition) is 3. The Morgan fingerprint density at radius 1 is 0.171 bits per heavy atom. The first kappa shape index (κ1) is 101. The standard InChI is InChI=1S/C102H202O3/c1-9-17-25-33-41-49-57-65-73-81-89-97-101(103-97,95-87-79-71-63-55-47-39-31-23-15-7)99(91-83-75-67-59-51-43-35-27-19-11-3,92-84-76-68-60-52-44-36-28-20-12-4)105-100(93-85-77-69-61-53-45-37-29-21-13-5,94-86-78-70-62-54-46-38-30-22-14-6)102(96-88-80-72-64-56-48-40-32-24-16-8)98(104-102)90-82-74-66-58-50-42-34-26-18-10-2/h97-98H,9-96H2,1-8H3. The molecule has 2 heterocycles. The summed E-state index contributed by atoms with van der Waals surface area (Å²) in [6.07, 6.45) is 122. The fraction of sp³-hybridized carbons (Fsp3) is 1.00. The first-order valence-corrected chi connectivity index (χ1v) is 51.0. The molecule has 3 nitrogen and oxygen atoms in total. The fourth-order valence-electron chi connectivity index (χ4n) is 19.5. The molecule has 2 aliphatic rings. The molecule has 4 atom stereocenters. The molecular formula is C102H202O3. The number of ether oxygens (including phenoxy) is 3. The monoisotopic (exact) mass is 1480 g/mol. The van der Waals surface area contributed by atoms with E-state index in [0.717, 1.165) is 0 Å². The molecule has 2 rings (SSSR count). The molecule has 0 N–H and O–H groups in total. The van der Waals surface area contributed by atoms with Crippen LogP contribution in [0, 0.1) is 0 Å². The van der Waals surface area contributed by atoms with Gasteiger partial charge in [-0.05, 0) is 51.4 Å². The molecule has 2 saturated heterocycles. The molecule has 105 heavy (non-hydrogen) atoms. The lowest BCUT2D eigenvalue weighted by molar-refractivity contribution is -0.231. The molecule has 628 valence electrons. The van der Waals surface area contributed by atoms with Crippen LogP contribution in [-0.4, -0.2) is 34.6 Å². The second-order valence-electron chi connectivity index (χ2n) is 36.6. The third-order valence-corrected chi connectivity index (χ3v) is 26.7. The van der Waals surface area contributed by atoms with Crippen LogP contribution < -0.4 is 0 Å². The second-order valence-corrected chi connectivity index (χ2v) is 36.6. The van der Waals surface area contributed by atoms with E-state index in [4.69, 9.17) is 9.47 Å². The molecule has 0 aromatic rings. The third-order valence-electron chi connectivity index (χ3n) is 26.7. The Morgan fingerprint density at radius 2 is 0.305 bits per heavy atom. The van der Waals surface area contributed by atoms with Gasteiger partial charge < -0.3 is 14.2 Å². The first-order valence-electron chi connectivity index (χ1n) is 51.0. The van der Waals surface area contributed by atoms with Gasteiger partial charge in [-0.15, -0.1) is 0 Å². The topological polar surface area (TPSA) is 34.3 Å². The Kier molecular flexibility index (Phi) is 72.3. The first-order chi connectivity index (χ1) is 51.9. The van der Waals surface area contributed by atoms with Crippen molar-refractivity contribution in [3.05, 3.63) is 0 Å². The van der Waals surface area contributed by atoms with Gasteiger partial charge in [-0.3, -0.25) is 0 Å². The Hall–Kier alpha value is -0.120. The molecule has 0 amide bonds. The predicted octanol–water partition coefficient (Wildman–Crippen LogP) is 37.2. The van der Waals surface area contributed by atoms with Crippen molar-refractivity contribution in [2.75, 3.05) is 0 Å². The summed E-state index contributed by atoms with van der Waals surface area (Å²) in [4.78, 5) is 0. The number of unbranched alkanes of at least 4 members (excludes halogenated alkanes) is 72. The molecule has 0 aliphatic carbocycles. The van der Waals surface area contributed by atoms with Gasteiger partial charge in [0.15, 0.2) is 0 Å². The largest absolute Gasteiger partial charge is 0.363 e. The molecule has 4 unspecified atom stereocenters. The number of rotatable bonds is 92. The molecule has 0 aromatic carbocycles. The SMILES string of the molecule is CCCCCCCCCCCCC1OC1(CCCCCCCCCCCC)C(CCCCCCCCCCCC)(CCCCCCCCCCCC)OC(CCCCCCCCCCCC)(CCCCCCCCCCCC)C1(CCCCCCCCCCCC)OC1CCCCCCCCCCCC. The predicted molar refractivity (Wildman–Crippen MR) is 473 cm³/mol. The zero-order valence-electron chi connectivity index (χ0n) is 74.6. The van der Waals surface area contributed by atoms with Crippen LogP contribution in [0.4, 0.5) is 0 Å². The Labute approximate surface area is 665 Å². The van der Waals surface area contributed by atoms with Crippen LogP contribution in [0.3, 0.4) is 0 Å². The molecule has 3 heteroatoms. The van der Waals surface area contributed by atoms with E-state index in [1.54, 1.807) is 0 Å². The highest BCUT2D eigenvalue weighted by Gasteiger charge is 2.74. The highest BCUT2D eigenvalue weighted by atomic mass is 16.7. The van der Waals surface area contributed by atoms with Gasteiger partial charge in [0, 0.05) is 0 Å². The average Bonchev–Trinajstić information content (AvgIpc) is 1.52. The van der Waals surface area contributed by atoms with Crippen molar-refractivity contribution >= 4 is 0 Å². The van der Waals surface area contributed by atoms with Crippen LogP contribution in [0.25, 0.3) is 0 Å². The number of hydrogen-bond donors (Lipinski definition) is 0. The molecule has 0 spiro atoms. The number of epoxide rings is 2. The summed E-state index contributed by atoms with van der Waals surface area (Å²) in [7, 11) is 0. The van der Waals surface area contributed by atoms with Gasteiger partial charge in [0.1, 0.15) is 22.4 Å². The maximum absolute atomic E-state index is 9.51. The highest BCUT2D eigenvalue weighted by molar-refractivity contribution is 5.22. The quantitative estimate of drug-likeness (QED) is 0.0450. The van der Waals surface area contributed by atoms with Gasteiger partial charge in [0.05, 0.1) is 12.2 Å². The lowest BCUT2D eigenvalue weighted by Gasteiger charge is -2.51. The van der Waals surface area contributed by atoms with Crippen molar-refractivity contribution in [1.82, 2.24) is 0 Å². The van der Waals surface area contributed by atoms with Gasteiger partial charge in [0.25, 0.3) is 0 Å². The van der Waals surface area contributed by atoms with E-state index in [1.165, 1.54) is 565 Å². The van der Waals surface area contributed by atoms with Gasteiger partial charge in [-0.2, -0.15) is 0 Å². The van der Waals surface area contributed by atoms with E-state index in [2.05, 4.69) is 55.4 Å². The zero-order valence-corrected chi connectivity index (χ0v) is 74.6. The van der Waals surface area contributed by atoms with E-state index < -0.39 is 0 Å². The van der Waals surface area contributed by atoms with Crippen LogP contribution in [0.15, 0.2) is 0 Å². The molecule has 0 bridgehead atoms. The van der Waals surface area contributed by atoms with Gasteiger partial charge >= 0.3 is 0 Å². The summed E-state index contributed by atoms with van der Waals surface area (Å²) in [6, 6.07) is 0. The van der Waals surface area contributed by atoms with Crippen LogP contribution in [-0.2, 0) is 14.2 Å². The minimum absolute atomic E-state index is 0.189. The maximum atomic E-state index is 9.51. The summed E-state index contributed by atoms with van der Waals surface area (Å²) >= 11 is 0. The lowest BCUT2D eigenvalue weighted by Crippen LogP contribution is -2.60. The van der Waals surface area contributed by atoms with E-state index in [0.29, 0.717) is 12.2 Å². The smallest absolute Gasteiger partial charge is 0.124 e. The Balaban J connectivity index is 3.00. The van der Waals surface area contributed by atoms with Crippen molar-refractivity contribution in [2.45, 2.75) is 655 Å². The van der Waals surface area contributed by atoms with E-state index in [9.17, 15) is 4.74 Å². The van der Waals surface area contributed by atoms with Gasteiger partial charge in [0.2, 0.25) is 0 Å². The summed E-state index contributed by atoms with van der Waals surface area (Å²) in [5.41, 5.74) is -0.952. The highest BCUT2D eigenvalue weighted by Crippen LogP contribution is 2.64. The summed E-state index contributed by atoms with van der Waals surface area (Å²) in [5.74, 6) is 0. The molecule has 0 radical (unpaired) electrons. The van der Waals surface area contributed by atoms with Crippen LogP contribution >= 0.6 is 0 Å². The zero-order chi connectivity index (χ0) is 75.5. The minimum Gasteiger partial charge on any atom is -0.363 e. The van der Waals surface area contributed by atoms with Crippen molar-refractivity contribution in [1.29, 1.82) is 0 Å². The normalized spacial score (nSPS) is 17.5. The van der Waals surface area contributed by atoms with Gasteiger partial charge in [-0.1, -0.05) is 569 Å². The lowest BCUT2D eigenvalue weighted by atomic mass is 9.69. The molecular weight excluding hydrogens is 1270 g/mol. The van der Waals surface area contributed by atoms with E-state index in [1.807, 2.05) is 0 Å². The third kappa shape index (κ3) is 52.1. The van der Waals surface area contributed by atoms with E-state index in [-0.39, 0.29) is 22.4 Å². The Morgan fingerprint density at radius 3 is 0.467 bits per heavy atom. The Bertz CT molecular complexity index is 1520. The van der Waals surface area contributed by atoms with Crippen molar-refractivity contribution in [2.24, 2.45) is 0 Å². The van der Waals surface area contributed by atoms with Crippen molar-refractivity contribution in [3.8, 4) is 0 Å². The van der Waals surface area contributed by atoms with Crippen molar-refractivity contribution in [3.63, 3.8) is 0 Å². The molecule has 2 aliphatic heterocycles. The molecule has 0 aromatic heterocycles. The minimum atomic E-state index is -0.287. The average molecular weight is 1480 g/mol. The second kappa shape index (κ2) is 75.2. The van der Waals surface area contributed by atoms with Crippen LogP contribution in [0.5, 0.6) is 0 Å².